The molecule has 0 heterocycles. The molecule has 2 rings (SSSR count). The number of ketones is 1. The summed E-state index contributed by atoms with van der Waals surface area (Å²) >= 11 is 3.26. The van der Waals surface area contributed by atoms with E-state index in [1.807, 2.05) is 19.2 Å². The first-order valence-corrected chi connectivity index (χ1v) is 10.3. The topological polar surface area (TPSA) is 164 Å². The molecule has 0 saturated carbocycles. The van der Waals surface area contributed by atoms with Crippen LogP contribution in [-0.2, 0) is 4.79 Å². The van der Waals surface area contributed by atoms with E-state index >= 15 is 0 Å². The summed E-state index contributed by atoms with van der Waals surface area (Å²) in [5, 5.41) is 19.6. The van der Waals surface area contributed by atoms with Crippen molar-refractivity contribution in [3.63, 3.8) is 0 Å². The first kappa shape index (κ1) is 29.8. The molecule has 0 aliphatic heterocycles. The lowest BCUT2D eigenvalue weighted by Gasteiger charge is -2.21. The normalized spacial score (nSPS) is 10.0. The van der Waals surface area contributed by atoms with Crippen molar-refractivity contribution in [3.8, 4) is 0 Å². The number of carbonyl (C=O) groups excluding carboxylic acids is 3. The zero-order valence-corrected chi connectivity index (χ0v) is 20.2. The van der Waals surface area contributed by atoms with E-state index in [1.165, 1.54) is 48.5 Å². The number of urea groups is 1. The molecule has 0 bridgehead atoms. The van der Waals surface area contributed by atoms with Gasteiger partial charge in [-0.25, -0.2) is 14.4 Å². The number of hydrogen-bond donors (Lipinski definition) is 4. The Balaban J connectivity index is 0.000000685. The minimum Gasteiger partial charge on any atom is -0.478 e. The summed E-state index contributed by atoms with van der Waals surface area (Å²) in [5.74, 6) is -2.79. The van der Waals surface area contributed by atoms with E-state index in [2.05, 4.69) is 15.9 Å². The molecule has 2 aromatic rings. The summed E-state index contributed by atoms with van der Waals surface area (Å²) in [5.41, 5.74) is 5.70. The number of alkyl halides is 1. The average molecular weight is 544 g/mol. The van der Waals surface area contributed by atoms with Crippen LogP contribution in [0.5, 0.6) is 0 Å². The van der Waals surface area contributed by atoms with Gasteiger partial charge in [-0.3, -0.25) is 14.9 Å². The Morgan fingerprint density at radius 1 is 0.788 bits per heavy atom. The number of benzene rings is 2. The van der Waals surface area contributed by atoms with Crippen molar-refractivity contribution >= 4 is 58.0 Å². The van der Waals surface area contributed by atoms with Crippen LogP contribution in [0, 0.1) is 0 Å². The van der Waals surface area contributed by atoms with Crippen molar-refractivity contribution < 1.29 is 34.2 Å². The van der Waals surface area contributed by atoms with Crippen LogP contribution in [0.2, 0.25) is 0 Å². The molecule has 0 unspecified atom stereocenters. The summed E-state index contributed by atoms with van der Waals surface area (Å²) in [6, 6.07) is 10.3. The number of halogens is 2. The number of nitrogens with two attached hydrogens (primary N) is 1. The highest BCUT2D eigenvalue weighted by Crippen LogP contribution is 2.26. The highest BCUT2D eigenvalue weighted by atomic mass is 79.9. The van der Waals surface area contributed by atoms with Gasteiger partial charge >= 0.3 is 18.0 Å². The van der Waals surface area contributed by atoms with Crippen LogP contribution < -0.4 is 11.1 Å². The lowest BCUT2D eigenvalue weighted by Crippen LogP contribution is -2.46. The minimum absolute atomic E-state index is 0. The van der Waals surface area contributed by atoms with Gasteiger partial charge in [-0.1, -0.05) is 54.0 Å². The van der Waals surface area contributed by atoms with E-state index in [0.29, 0.717) is 24.0 Å². The number of carboxylic acids is 2. The highest BCUT2D eigenvalue weighted by Gasteiger charge is 2.32. The Morgan fingerprint density at radius 2 is 1.09 bits per heavy atom. The van der Waals surface area contributed by atoms with Crippen molar-refractivity contribution in [1.29, 1.82) is 0 Å². The molecule has 11 heteroatoms. The first-order valence-electron chi connectivity index (χ1n) is 9.46. The van der Waals surface area contributed by atoms with Gasteiger partial charge in [-0.15, -0.1) is 12.4 Å². The van der Waals surface area contributed by atoms with Crippen LogP contribution in [0.25, 0.3) is 0 Å². The minimum atomic E-state index is -1.06. The monoisotopic (exact) mass is 542 g/mol. The molecule has 0 aromatic heterocycles. The fraction of sp³-hybridized carbons (Fsp3) is 0.227. The predicted molar refractivity (Wildman–Crippen MR) is 127 cm³/mol. The smallest absolute Gasteiger partial charge is 0.335 e. The van der Waals surface area contributed by atoms with Crippen LogP contribution in [0.4, 0.5) is 4.79 Å². The number of carbonyl (C=O) groups is 5. The van der Waals surface area contributed by atoms with Gasteiger partial charge in [0.05, 0.1) is 11.1 Å². The van der Waals surface area contributed by atoms with Crippen LogP contribution in [0.3, 0.4) is 0 Å². The van der Waals surface area contributed by atoms with Crippen LogP contribution in [0.1, 0.15) is 63.3 Å². The van der Waals surface area contributed by atoms with Crippen molar-refractivity contribution in [2.45, 2.75) is 31.0 Å². The van der Waals surface area contributed by atoms with Gasteiger partial charge in [0.25, 0.3) is 0 Å². The van der Waals surface area contributed by atoms with Crippen LogP contribution >= 0.6 is 28.3 Å². The Labute approximate surface area is 204 Å². The third-order valence-electron chi connectivity index (χ3n) is 4.55. The fourth-order valence-electron chi connectivity index (χ4n) is 2.49. The number of rotatable bonds is 7. The van der Waals surface area contributed by atoms with Gasteiger partial charge < -0.3 is 15.9 Å². The third-order valence-corrected chi connectivity index (χ3v) is 6.03. The van der Waals surface area contributed by atoms with Gasteiger partial charge in [0, 0.05) is 11.1 Å². The molecule has 0 aliphatic carbocycles. The van der Waals surface area contributed by atoms with Gasteiger partial charge in [-0.05, 0) is 37.1 Å². The van der Waals surface area contributed by atoms with Crippen molar-refractivity contribution in [1.82, 2.24) is 5.32 Å². The summed E-state index contributed by atoms with van der Waals surface area (Å²) in [7, 11) is 0. The molecule has 5 N–H and O–H groups in total. The Hall–Kier alpha value is -3.24. The number of nitrogens with one attached hydrogen (secondary N) is 1. The van der Waals surface area contributed by atoms with Crippen molar-refractivity contribution in [3.05, 3.63) is 70.8 Å². The molecular weight excluding hydrogens is 520 g/mol. The summed E-state index contributed by atoms with van der Waals surface area (Å²) < 4.78 is -0.665. The molecule has 3 amide bonds. The van der Waals surface area contributed by atoms with E-state index in [9.17, 15) is 24.0 Å². The molecule has 33 heavy (non-hydrogen) atoms. The number of hydrogen-bond acceptors (Lipinski definition) is 5. The number of amides is 3. The SMILES string of the molecule is CCC(Br)(CC)C(=O)NC(N)=O.Cl.O=C(O)c1ccc(C(=O)c2ccc(C(=O)O)cc2)cc1. The fourth-order valence-corrected chi connectivity index (χ4v) is 2.59. The zero-order chi connectivity index (χ0) is 24.5. The van der Waals surface area contributed by atoms with Crippen LogP contribution in [0.15, 0.2) is 48.5 Å². The average Bonchev–Trinajstić information content (AvgIpc) is 2.78. The summed E-state index contributed by atoms with van der Waals surface area (Å²) in [4.78, 5) is 55.2. The van der Waals surface area contributed by atoms with Gasteiger partial charge in [0.1, 0.15) is 4.32 Å². The predicted octanol–water partition coefficient (Wildman–Crippen LogP) is 3.87. The quantitative estimate of drug-likeness (QED) is 0.304. The second kappa shape index (κ2) is 13.3. The second-order valence-electron chi connectivity index (χ2n) is 6.58. The number of carboxylic acid groups (broad SMARTS) is 2. The second-order valence-corrected chi connectivity index (χ2v) is 8.10. The van der Waals surface area contributed by atoms with Crippen molar-refractivity contribution in [2.24, 2.45) is 5.73 Å². The molecule has 0 atom stereocenters. The maximum Gasteiger partial charge on any atom is 0.335 e. The largest absolute Gasteiger partial charge is 0.478 e. The maximum absolute atomic E-state index is 12.1. The molecule has 0 aliphatic rings. The van der Waals surface area contributed by atoms with E-state index in [-0.39, 0.29) is 35.2 Å². The summed E-state index contributed by atoms with van der Waals surface area (Å²) in [6.07, 6.45) is 1.23. The molecule has 0 spiro atoms. The molecule has 9 nitrogen and oxygen atoms in total. The van der Waals surface area contributed by atoms with E-state index in [4.69, 9.17) is 15.9 Å². The van der Waals surface area contributed by atoms with Gasteiger partial charge in [0.15, 0.2) is 5.78 Å². The van der Waals surface area contributed by atoms with Gasteiger partial charge in [0.2, 0.25) is 5.91 Å². The zero-order valence-electron chi connectivity index (χ0n) is 17.8. The standard InChI is InChI=1S/C15H10O5.C7H13BrN2O2.ClH/c16-13(9-1-5-11(6-2-9)14(17)18)10-3-7-12(8-4-10)15(19)20;1-3-7(8,4-2)5(11)10-6(9)12;/h1-8H,(H,17,18)(H,19,20);3-4H2,1-2H3,(H3,9,10,11,12);1H. The number of aromatic carboxylic acids is 2. The molecule has 0 radical (unpaired) electrons. The Kier molecular flexibility index (Phi) is 12.0. The van der Waals surface area contributed by atoms with E-state index in [0.717, 1.165) is 0 Å². The first-order chi connectivity index (χ1) is 14.9. The molecule has 0 saturated heterocycles. The lowest BCUT2D eigenvalue weighted by atomic mass is 10.0. The Bertz CT molecular complexity index is 945. The van der Waals surface area contributed by atoms with E-state index in [1.54, 1.807) is 0 Å². The molecule has 0 fully saturated rings. The third kappa shape index (κ3) is 8.66. The highest BCUT2D eigenvalue weighted by molar-refractivity contribution is 9.10. The molecule has 2 aromatic carbocycles. The summed E-state index contributed by atoms with van der Waals surface area (Å²) in [6.45, 7) is 3.72. The lowest BCUT2D eigenvalue weighted by molar-refractivity contribution is -0.122. The maximum atomic E-state index is 12.1. The van der Waals surface area contributed by atoms with E-state index < -0.39 is 22.3 Å². The van der Waals surface area contributed by atoms with Gasteiger partial charge in [-0.2, -0.15) is 0 Å². The Morgan fingerprint density at radius 3 is 1.33 bits per heavy atom. The molecule has 178 valence electrons. The molecular formula is C22H24BrClN2O7. The number of primary amides is 1. The van der Waals surface area contributed by atoms with Crippen LogP contribution in [-0.4, -0.2) is 44.2 Å². The number of imide groups is 1. The van der Waals surface area contributed by atoms with Crippen molar-refractivity contribution in [2.75, 3.05) is 0 Å².